The van der Waals surface area contributed by atoms with E-state index >= 15 is 0 Å². The summed E-state index contributed by atoms with van der Waals surface area (Å²) in [5.74, 6) is 0.914. The summed E-state index contributed by atoms with van der Waals surface area (Å²) in [4.78, 5) is 27.0. The van der Waals surface area contributed by atoms with E-state index in [9.17, 15) is 9.59 Å². The van der Waals surface area contributed by atoms with E-state index < -0.39 is 6.10 Å². The Morgan fingerprint density at radius 3 is 2.48 bits per heavy atom. The van der Waals surface area contributed by atoms with Gasteiger partial charge in [-0.1, -0.05) is 47.5 Å². The molecular weight excluding hydrogens is 439 g/mol. The zero-order chi connectivity index (χ0) is 22.4. The van der Waals surface area contributed by atoms with Gasteiger partial charge in [0, 0.05) is 24.7 Å². The van der Waals surface area contributed by atoms with Crippen LogP contribution in [-0.2, 0) is 16.0 Å². The van der Waals surface area contributed by atoms with Gasteiger partial charge in [0.05, 0.1) is 18.6 Å². The van der Waals surface area contributed by atoms with Crippen LogP contribution in [0.25, 0.3) is 0 Å². The fourth-order valence-corrected chi connectivity index (χ4v) is 3.87. The summed E-state index contributed by atoms with van der Waals surface area (Å²) in [6, 6.07) is 12.6. The Balaban J connectivity index is 1.47. The average Bonchev–Trinajstić information content (AvgIpc) is 2.77. The quantitative estimate of drug-likeness (QED) is 0.668. The van der Waals surface area contributed by atoms with E-state index in [-0.39, 0.29) is 22.9 Å². The molecule has 3 rings (SSSR count). The fourth-order valence-electron chi connectivity index (χ4n) is 3.53. The summed E-state index contributed by atoms with van der Waals surface area (Å²) in [7, 11) is 1.60. The number of halogens is 2. The number of likely N-dealkylation sites (tertiary alicyclic amines) is 1. The number of ether oxygens (including phenoxy) is 2. The van der Waals surface area contributed by atoms with E-state index in [2.05, 4.69) is 5.32 Å². The highest BCUT2D eigenvalue weighted by molar-refractivity contribution is 6.42. The Kier molecular flexibility index (Phi) is 8.04. The van der Waals surface area contributed by atoms with Crippen molar-refractivity contribution in [1.29, 1.82) is 0 Å². The third kappa shape index (κ3) is 6.05. The molecule has 1 aliphatic heterocycles. The smallest absolute Gasteiger partial charge is 0.260 e. The van der Waals surface area contributed by atoms with Gasteiger partial charge < -0.3 is 19.7 Å². The van der Waals surface area contributed by atoms with Crippen molar-refractivity contribution in [2.45, 2.75) is 38.3 Å². The summed E-state index contributed by atoms with van der Waals surface area (Å²) >= 11 is 12.1. The number of rotatable bonds is 7. The summed E-state index contributed by atoms with van der Waals surface area (Å²) in [5.41, 5.74) is 0.871. The zero-order valence-corrected chi connectivity index (χ0v) is 19.1. The number of piperidine rings is 1. The Morgan fingerprint density at radius 1 is 1.10 bits per heavy atom. The zero-order valence-electron chi connectivity index (χ0n) is 17.6. The molecule has 0 saturated carbocycles. The van der Waals surface area contributed by atoms with Crippen molar-refractivity contribution in [3.8, 4) is 11.5 Å². The number of carbonyl (C=O) groups is 2. The van der Waals surface area contributed by atoms with Crippen molar-refractivity contribution in [1.82, 2.24) is 10.2 Å². The van der Waals surface area contributed by atoms with Crippen LogP contribution >= 0.6 is 23.2 Å². The summed E-state index contributed by atoms with van der Waals surface area (Å²) < 4.78 is 11.0. The SMILES string of the molecule is COc1ccccc1CC(=O)N1CCC(NC(=O)C(C)Oc2cccc(Cl)c2Cl)CC1. The van der Waals surface area contributed by atoms with E-state index in [1.807, 2.05) is 29.2 Å². The molecule has 0 aromatic heterocycles. The first-order chi connectivity index (χ1) is 14.9. The van der Waals surface area contributed by atoms with Crippen molar-refractivity contribution in [3.63, 3.8) is 0 Å². The van der Waals surface area contributed by atoms with Gasteiger partial charge in [0.2, 0.25) is 5.91 Å². The molecule has 2 amide bonds. The highest BCUT2D eigenvalue weighted by Crippen LogP contribution is 2.32. The highest BCUT2D eigenvalue weighted by Gasteiger charge is 2.26. The maximum absolute atomic E-state index is 12.7. The van der Waals surface area contributed by atoms with E-state index in [1.165, 1.54) is 0 Å². The van der Waals surface area contributed by atoms with Crippen LogP contribution in [0.5, 0.6) is 11.5 Å². The van der Waals surface area contributed by atoms with Crippen LogP contribution in [0.15, 0.2) is 42.5 Å². The predicted octanol–water partition coefficient (Wildman–Crippen LogP) is 4.12. The van der Waals surface area contributed by atoms with Gasteiger partial charge in [-0.05, 0) is 38.0 Å². The minimum Gasteiger partial charge on any atom is -0.496 e. The molecule has 0 aliphatic carbocycles. The van der Waals surface area contributed by atoms with Crippen LogP contribution in [0.2, 0.25) is 10.0 Å². The van der Waals surface area contributed by atoms with Crippen LogP contribution in [0, 0.1) is 0 Å². The van der Waals surface area contributed by atoms with Gasteiger partial charge in [-0.15, -0.1) is 0 Å². The lowest BCUT2D eigenvalue weighted by molar-refractivity contribution is -0.132. The molecule has 2 aromatic rings. The van der Waals surface area contributed by atoms with Gasteiger partial charge in [0.25, 0.3) is 5.91 Å². The first-order valence-corrected chi connectivity index (χ1v) is 11.0. The minimum atomic E-state index is -0.721. The maximum atomic E-state index is 12.7. The van der Waals surface area contributed by atoms with Crippen LogP contribution in [0.4, 0.5) is 0 Å². The van der Waals surface area contributed by atoms with E-state index in [0.717, 1.165) is 5.56 Å². The molecular formula is C23H26Cl2N2O4. The largest absolute Gasteiger partial charge is 0.496 e. The number of nitrogens with zero attached hydrogens (tertiary/aromatic N) is 1. The van der Waals surface area contributed by atoms with Crippen LogP contribution in [0.3, 0.4) is 0 Å². The van der Waals surface area contributed by atoms with Crippen molar-refractivity contribution in [2.75, 3.05) is 20.2 Å². The number of carbonyl (C=O) groups excluding carboxylic acids is 2. The number of hydrogen-bond donors (Lipinski definition) is 1. The van der Waals surface area contributed by atoms with Crippen LogP contribution < -0.4 is 14.8 Å². The Labute approximate surface area is 192 Å². The summed E-state index contributed by atoms with van der Waals surface area (Å²) in [6.07, 6.45) is 0.954. The predicted molar refractivity (Wildman–Crippen MR) is 121 cm³/mol. The van der Waals surface area contributed by atoms with Crippen LogP contribution in [0.1, 0.15) is 25.3 Å². The molecule has 0 spiro atoms. The third-order valence-corrected chi connectivity index (χ3v) is 6.12. The van der Waals surface area contributed by atoms with Crippen molar-refractivity contribution < 1.29 is 19.1 Å². The topological polar surface area (TPSA) is 67.9 Å². The lowest BCUT2D eigenvalue weighted by Crippen LogP contribution is -2.49. The molecule has 0 bridgehead atoms. The third-order valence-electron chi connectivity index (χ3n) is 5.32. The first kappa shape index (κ1) is 23.2. The summed E-state index contributed by atoms with van der Waals surface area (Å²) in [6.45, 7) is 2.85. The number of methoxy groups -OCH3 is 1. The molecule has 0 radical (unpaired) electrons. The molecule has 1 unspecified atom stereocenters. The molecule has 1 fully saturated rings. The van der Waals surface area contributed by atoms with Gasteiger partial charge in [0.1, 0.15) is 16.5 Å². The average molecular weight is 465 g/mol. The molecule has 31 heavy (non-hydrogen) atoms. The Bertz CT molecular complexity index is 930. The molecule has 1 heterocycles. The molecule has 1 atom stereocenters. The Morgan fingerprint density at radius 2 is 1.77 bits per heavy atom. The molecule has 166 valence electrons. The van der Waals surface area contributed by atoms with Crippen LogP contribution in [-0.4, -0.2) is 49.1 Å². The second-order valence-electron chi connectivity index (χ2n) is 7.46. The number of nitrogens with one attached hydrogen (secondary N) is 1. The van der Waals surface area contributed by atoms with Gasteiger partial charge >= 0.3 is 0 Å². The van der Waals surface area contributed by atoms with Crippen molar-refractivity contribution in [3.05, 3.63) is 58.1 Å². The van der Waals surface area contributed by atoms with Crippen molar-refractivity contribution in [2.24, 2.45) is 0 Å². The fraction of sp³-hybridized carbons (Fsp3) is 0.391. The van der Waals surface area contributed by atoms with Gasteiger partial charge in [-0.25, -0.2) is 0 Å². The highest BCUT2D eigenvalue weighted by atomic mass is 35.5. The standard InChI is InChI=1S/C23H26Cl2N2O4/c1-15(31-20-9-5-7-18(24)22(20)25)23(29)26-17-10-12-27(13-11-17)21(28)14-16-6-3-4-8-19(16)30-2/h3-9,15,17H,10-14H2,1-2H3,(H,26,29). The molecule has 6 nitrogen and oxygen atoms in total. The first-order valence-electron chi connectivity index (χ1n) is 10.2. The lowest BCUT2D eigenvalue weighted by atomic mass is 10.0. The molecule has 2 aromatic carbocycles. The number of benzene rings is 2. The van der Waals surface area contributed by atoms with Gasteiger partial charge in [-0.3, -0.25) is 9.59 Å². The van der Waals surface area contributed by atoms with E-state index in [4.69, 9.17) is 32.7 Å². The Hall–Kier alpha value is -2.44. The molecule has 8 heteroatoms. The molecule has 1 aliphatic rings. The summed E-state index contributed by atoms with van der Waals surface area (Å²) in [5, 5.41) is 3.66. The lowest BCUT2D eigenvalue weighted by Gasteiger charge is -2.33. The van der Waals surface area contributed by atoms with Gasteiger partial charge in [0.15, 0.2) is 6.10 Å². The molecule has 1 N–H and O–H groups in total. The monoisotopic (exact) mass is 464 g/mol. The van der Waals surface area contributed by atoms with E-state index in [1.54, 1.807) is 32.2 Å². The van der Waals surface area contributed by atoms with Gasteiger partial charge in [-0.2, -0.15) is 0 Å². The van der Waals surface area contributed by atoms with Crippen molar-refractivity contribution >= 4 is 35.0 Å². The second kappa shape index (κ2) is 10.7. The second-order valence-corrected chi connectivity index (χ2v) is 8.25. The number of para-hydroxylation sites is 1. The normalized spacial score (nSPS) is 15.3. The number of hydrogen-bond acceptors (Lipinski definition) is 4. The molecule has 1 saturated heterocycles. The maximum Gasteiger partial charge on any atom is 0.260 e. The minimum absolute atomic E-state index is 0.0105. The number of amides is 2. The van der Waals surface area contributed by atoms with E-state index in [0.29, 0.717) is 48.9 Å².